The van der Waals surface area contributed by atoms with Gasteiger partial charge in [0.15, 0.2) is 9.84 Å². The number of likely N-dealkylation sites (tertiary alicyclic amines) is 1. The molecule has 6 nitrogen and oxygen atoms in total. The summed E-state index contributed by atoms with van der Waals surface area (Å²) in [6.07, 6.45) is 2.88. The summed E-state index contributed by atoms with van der Waals surface area (Å²) in [6, 6.07) is 0. The van der Waals surface area contributed by atoms with Gasteiger partial charge >= 0.3 is 5.97 Å². The number of carbonyl (C=O) groups is 2. The fourth-order valence-corrected chi connectivity index (χ4v) is 2.96. The highest BCUT2D eigenvalue weighted by Crippen LogP contribution is 2.09. The fourth-order valence-electron chi connectivity index (χ4n) is 1.86. The van der Waals surface area contributed by atoms with Gasteiger partial charge in [-0.25, -0.2) is 8.42 Å². The molecule has 0 unspecified atom stereocenters. The van der Waals surface area contributed by atoms with Crippen LogP contribution in [-0.4, -0.2) is 56.4 Å². The van der Waals surface area contributed by atoms with Gasteiger partial charge in [-0.1, -0.05) is 0 Å². The molecule has 0 bridgehead atoms. The van der Waals surface area contributed by atoms with Crippen molar-refractivity contribution >= 4 is 21.7 Å². The van der Waals surface area contributed by atoms with Crippen LogP contribution in [0.4, 0.5) is 0 Å². The summed E-state index contributed by atoms with van der Waals surface area (Å²) in [5.41, 5.74) is 0. The Kier molecular flexibility index (Phi) is 5.58. The van der Waals surface area contributed by atoms with E-state index in [4.69, 9.17) is 0 Å². The molecular weight excluding hydrogens is 258 g/mol. The summed E-state index contributed by atoms with van der Waals surface area (Å²) in [5, 5.41) is 0. The molecule has 0 radical (unpaired) electrons. The number of hydrogen-bond donors (Lipinski definition) is 0. The molecule has 0 saturated carbocycles. The van der Waals surface area contributed by atoms with E-state index in [-0.39, 0.29) is 6.61 Å². The van der Waals surface area contributed by atoms with E-state index in [1.807, 2.05) is 0 Å². The van der Waals surface area contributed by atoms with Gasteiger partial charge in [-0.05, 0) is 26.2 Å². The van der Waals surface area contributed by atoms with Crippen molar-refractivity contribution in [2.45, 2.75) is 26.2 Å². The standard InChI is InChI=1S/C11H19NO5S/c1-2-17-11(14)9-18(15,16)8-10(13)12-6-4-3-5-7-12/h2-9H2,1H3. The number of sulfone groups is 1. The fraction of sp³-hybridized carbons (Fsp3) is 0.818. The zero-order valence-corrected chi connectivity index (χ0v) is 11.4. The van der Waals surface area contributed by atoms with Crippen LogP contribution in [0.25, 0.3) is 0 Å². The van der Waals surface area contributed by atoms with E-state index < -0.39 is 33.2 Å². The van der Waals surface area contributed by atoms with E-state index in [2.05, 4.69) is 4.74 Å². The third-order valence-corrected chi connectivity index (χ3v) is 4.06. The monoisotopic (exact) mass is 277 g/mol. The average molecular weight is 277 g/mol. The number of esters is 1. The maximum Gasteiger partial charge on any atom is 0.321 e. The molecule has 18 heavy (non-hydrogen) atoms. The Morgan fingerprint density at radius 1 is 1.11 bits per heavy atom. The molecule has 104 valence electrons. The van der Waals surface area contributed by atoms with Crippen LogP contribution < -0.4 is 0 Å². The summed E-state index contributed by atoms with van der Waals surface area (Å²) in [5.74, 6) is -2.55. The summed E-state index contributed by atoms with van der Waals surface area (Å²) in [6.45, 7) is 2.94. The van der Waals surface area contributed by atoms with Gasteiger partial charge in [0.1, 0.15) is 11.5 Å². The second-order valence-electron chi connectivity index (χ2n) is 4.28. The van der Waals surface area contributed by atoms with Crippen LogP contribution in [-0.2, 0) is 24.2 Å². The maximum absolute atomic E-state index is 11.7. The Balaban J connectivity index is 2.48. The van der Waals surface area contributed by atoms with Crippen LogP contribution in [0.15, 0.2) is 0 Å². The first-order valence-corrected chi connectivity index (χ1v) is 7.90. The van der Waals surface area contributed by atoms with Crippen molar-refractivity contribution in [3.8, 4) is 0 Å². The molecule has 0 aromatic rings. The number of hydrogen-bond acceptors (Lipinski definition) is 5. The lowest BCUT2D eigenvalue weighted by molar-refractivity contribution is -0.139. The van der Waals surface area contributed by atoms with Gasteiger partial charge in [-0.15, -0.1) is 0 Å². The lowest BCUT2D eigenvalue weighted by atomic mass is 10.1. The van der Waals surface area contributed by atoms with E-state index in [0.717, 1.165) is 19.3 Å². The van der Waals surface area contributed by atoms with Gasteiger partial charge in [-0.3, -0.25) is 9.59 Å². The Labute approximate surface area is 107 Å². The maximum atomic E-state index is 11.7. The Morgan fingerprint density at radius 2 is 1.72 bits per heavy atom. The largest absolute Gasteiger partial charge is 0.465 e. The van der Waals surface area contributed by atoms with Gasteiger partial charge in [0, 0.05) is 13.1 Å². The van der Waals surface area contributed by atoms with Gasteiger partial charge < -0.3 is 9.64 Å². The molecule has 0 atom stereocenters. The van der Waals surface area contributed by atoms with Crippen LogP contribution in [0.3, 0.4) is 0 Å². The minimum atomic E-state index is -3.72. The number of piperidine rings is 1. The van der Waals surface area contributed by atoms with E-state index in [1.54, 1.807) is 11.8 Å². The zero-order valence-electron chi connectivity index (χ0n) is 10.6. The molecule has 1 fully saturated rings. The Hall–Kier alpha value is -1.11. The number of amides is 1. The van der Waals surface area contributed by atoms with E-state index >= 15 is 0 Å². The first-order chi connectivity index (χ1) is 8.44. The third-order valence-electron chi connectivity index (χ3n) is 2.70. The van der Waals surface area contributed by atoms with Gasteiger partial charge in [0.25, 0.3) is 0 Å². The van der Waals surface area contributed by atoms with Crippen molar-refractivity contribution in [3.05, 3.63) is 0 Å². The van der Waals surface area contributed by atoms with Crippen molar-refractivity contribution in [1.82, 2.24) is 4.90 Å². The van der Waals surface area contributed by atoms with E-state index in [1.165, 1.54) is 0 Å². The molecule has 0 N–H and O–H groups in total. The van der Waals surface area contributed by atoms with Crippen LogP contribution in [0, 0.1) is 0 Å². The van der Waals surface area contributed by atoms with Crippen molar-refractivity contribution in [1.29, 1.82) is 0 Å². The molecule has 1 rings (SSSR count). The predicted molar refractivity (Wildman–Crippen MR) is 65.7 cm³/mol. The predicted octanol–water partition coefficient (Wildman–Crippen LogP) is -0.0232. The Bertz CT molecular complexity index is 398. The first kappa shape index (κ1) is 14.9. The molecule has 0 aliphatic carbocycles. The normalized spacial score (nSPS) is 16.4. The average Bonchev–Trinajstić information content (AvgIpc) is 2.29. The third kappa shape index (κ3) is 5.03. The number of rotatable bonds is 5. The minimum absolute atomic E-state index is 0.133. The molecule has 1 heterocycles. The molecule has 1 aliphatic heterocycles. The van der Waals surface area contributed by atoms with Crippen molar-refractivity contribution in [3.63, 3.8) is 0 Å². The highest BCUT2D eigenvalue weighted by Gasteiger charge is 2.25. The highest BCUT2D eigenvalue weighted by atomic mass is 32.2. The van der Waals surface area contributed by atoms with Crippen molar-refractivity contribution in [2.75, 3.05) is 31.2 Å². The number of carbonyl (C=O) groups excluding carboxylic acids is 2. The topological polar surface area (TPSA) is 80.8 Å². The second-order valence-corrected chi connectivity index (χ2v) is 6.34. The highest BCUT2D eigenvalue weighted by molar-refractivity contribution is 7.92. The molecule has 0 aromatic heterocycles. The minimum Gasteiger partial charge on any atom is -0.465 e. The van der Waals surface area contributed by atoms with E-state index in [9.17, 15) is 18.0 Å². The summed E-state index contributed by atoms with van der Waals surface area (Å²) in [4.78, 5) is 24.4. The summed E-state index contributed by atoms with van der Waals surface area (Å²) in [7, 11) is -3.72. The van der Waals surface area contributed by atoms with Crippen LogP contribution in [0.5, 0.6) is 0 Å². The lowest BCUT2D eigenvalue weighted by Crippen LogP contribution is -2.40. The van der Waals surface area contributed by atoms with E-state index in [0.29, 0.717) is 13.1 Å². The van der Waals surface area contributed by atoms with Crippen molar-refractivity contribution < 1.29 is 22.7 Å². The van der Waals surface area contributed by atoms with Crippen LogP contribution in [0.1, 0.15) is 26.2 Å². The smallest absolute Gasteiger partial charge is 0.321 e. The molecule has 1 saturated heterocycles. The van der Waals surface area contributed by atoms with Gasteiger partial charge in [0.2, 0.25) is 5.91 Å². The lowest BCUT2D eigenvalue weighted by Gasteiger charge is -2.26. The number of ether oxygens (including phenoxy) is 1. The molecule has 0 aromatic carbocycles. The molecular formula is C11H19NO5S. The first-order valence-electron chi connectivity index (χ1n) is 6.08. The van der Waals surface area contributed by atoms with Gasteiger partial charge in [0.05, 0.1) is 6.61 Å². The van der Waals surface area contributed by atoms with Crippen LogP contribution in [0.2, 0.25) is 0 Å². The van der Waals surface area contributed by atoms with Gasteiger partial charge in [-0.2, -0.15) is 0 Å². The summed E-state index contributed by atoms with van der Waals surface area (Å²) < 4.78 is 27.8. The molecule has 1 aliphatic rings. The molecule has 7 heteroatoms. The van der Waals surface area contributed by atoms with Crippen LogP contribution >= 0.6 is 0 Å². The Morgan fingerprint density at radius 3 is 2.28 bits per heavy atom. The SMILES string of the molecule is CCOC(=O)CS(=O)(=O)CC(=O)N1CCCCC1. The summed E-state index contributed by atoms with van der Waals surface area (Å²) >= 11 is 0. The molecule has 1 amide bonds. The zero-order chi connectivity index (χ0) is 13.6. The second kappa shape index (κ2) is 6.72. The quantitative estimate of drug-likeness (QED) is 0.660. The van der Waals surface area contributed by atoms with Crippen molar-refractivity contribution in [2.24, 2.45) is 0 Å². The molecule has 0 spiro atoms. The number of nitrogens with zero attached hydrogens (tertiary/aromatic N) is 1.